The van der Waals surface area contributed by atoms with Crippen LogP contribution in [0.5, 0.6) is 0 Å². The second-order valence-corrected chi connectivity index (χ2v) is 3.58. The lowest BCUT2D eigenvalue weighted by Crippen LogP contribution is -2.48. The third kappa shape index (κ3) is 1.63. The van der Waals surface area contributed by atoms with Gasteiger partial charge in [-0.25, -0.2) is 14.8 Å². The lowest BCUT2D eigenvalue weighted by Gasteiger charge is -2.35. The van der Waals surface area contributed by atoms with Gasteiger partial charge in [0, 0.05) is 25.5 Å². The molecule has 1 N–H and O–H groups in total. The van der Waals surface area contributed by atoms with Gasteiger partial charge < -0.3 is 10.0 Å². The van der Waals surface area contributed by atoms with Crippen molar-refractivity contribution in [3.05, 3.63) is 23.2 Å². The summed E-state index contributed by atoms with van der Waals surface area (Å²) in [5, 5.41) is 9.10. The summed E-state index contributed by atoms with van der Waals surface area (Å²) in [5.41, 5.74) is 0. The molecular weight excluding hydrogens is 206 g/mol. The molecule has 14 heavy (non-hydrogen) atoms. The van der Waals surface area contributed by atoms with Crippen LogP contribution in [-0.4, -0.2) is 39.2 Å². The largest absolute Gasteiger partial charge is 0.465 e. The number of hydrogen-bond donors (Lipinski definition) is 1. The van der Waals surface area contributed by atoms with Crippen molar-refractivity contribution in [2.75, 3.05) is 13.1 Å². The molecule has 1 fully saturated rings. The number of likely N-dealkylation sites (tertiary alicyclic amines) is 1. The second-order valence-electron chi connectivity index (χ2n) is 3.14. The summed E-state index contributed by atoms with van der Waals surface area (Å²) < 4.78 is 0. The Morgan fingerprint density at radius 2 is 2.07 bits per heavy atom. The van der Waals surface area contributed by atoms with Gasteiger partial charge in [0.1, 0.15) is 5.82 Å². The number of aromatic nitrogens is 2. The van der Waals surface area contributed by atoms with Crippen molar-refractivity contribution >= 4 is 17.7 Å². The van der Waals surface area contributed by atoms with Crippen LogP contribution in [0.3, 0.4) is 0 Å². The maximum absolute atomic E-state index is 10.5. The highest BCUT2D eigenvalue weighted by molar-refractivity contribution is 6.30. The van der Waals surface area contributed by atoms with Crippen LogP contribution in [0.1, 0.15) is 11.7 Å². The lowest BCUT2D eigenvalue weighted by atomic mass is 10.0. The van der Waals surface area contributed by atoms with E-state index in [1.807, 2.05) is 0 Å². The van der Waals surface area contributed by atoms with Gasteiger partial charge in [-0.3, -0.25) is 0 Å². The van der Waals surface area contributed by atoms with Crippen molar-refractivity contribution in [2.24, 2.45) is 0 Å². The summed E-state index contributed by atoms with van der Waals surface area (Å²) in [6, 6.07) is 0. The molecule has 1 aliphatic rings. The highest BCUT2D eigenvalue weighted by Crippen LogP contribution is 2.24. The first-order valence-electron chi connectivity index (χ1n) is 4.12. The number of amides is 1. The van der Waals surface area contributed by atoms with Crippen LogP contribution in [0.4, 0.5) is 4.79 Å². The van der Waals surface area contributed by atoms with E-state index in [9.17, 15) is 4.79 Å². The molecule has 0 bridgehead atoms. The number of halogens is 1. The summed E-state index contributed by atoms with van der Waals surface area (Å²) in [4.78, 5) is 19.9. The topological polar surface area (TPSA) is 66.3 Å². The summed E-state index contributed by atoms with van der Waals surface area (Å²) in [6.45, 7) is 0.938. The standard InChI is InChI=1S/C8H8ClN3O2/c9-6-1-10-7(11-2-6)5-3-12(4-5)8(13)14/h1-2,5H,3-4H2,(H,13,14). The minimum Gasteiger partial charge on any atom is -0.465 e. The Kier molecular flexibility index (Phi) is 2.25. The third-order valence-electron chi connectivity index (χ3n) is 2.16. The molecule has 2 rings (SSSR count). The van der Waals surface area contributed by atoms with Crippen molar-refractivity contribution in [2.45, 2.75) is 5.92 Å². The fourth-order valence-electron chi connectivity index (χ4n) is 1.33. The van der Waals surface area contributed by atoms with E-state index in [1.165, 1.54) is 17.3 Å². The first kappa shape index (κ1) is 9.21. The number of carboxylic acid groups (broad SMARTS) is 1. The molecule has 5 nitrogen and oxygen atoms in total. The third-order valence-corrected chi connectivity index (χ3v) is 2.35. The monoisotopic (exact) mass is 213 g/mol. The zero-order valence-corrected chi connectivity index (χ0v) is 7.98. The van der Waals surface area contributed by atoms with Crippen molar-refractivity contribution in [1.29, 1.82) is 0 Å². The molecule has 1 saturated heterocycles. The van der Waals surface area contributed by atoms with Crippen LogP contribution in [0.25, 0.3) is 0 Å². The predicted octanol–water partition coefficient (Wildman–Crippen LogP) is 1.21. The highest BCUT2D eigenvalue weighted by Gasteiger charge is 2.33. The number of carbonyl (C=O) groups is 1. The van der Waals surface area contributed by atoms with Gasteiger partial charge in [0.2, 0.25) is 0 Å². The van der Waals surface area contributed by atoms with Crippen LogP contribution >= 0.6 is 11.6 Å². The molecule has 6 heteroatoms. The normalized spacial score (nSPS) is 16.5. The number of rotatable bonds is 1. The molecule has 1 amide bonds. The van der Waals surface area contributed by atoms with E-state index in [0.717, 1.165) is 0 Å². The second kappa shape index (κ2) is 3.42. The van der Waals surface area contributed by atoms with Gasteiger partial charge in [0.05, 0.1) is 10.9 Å². The van der Waals surface area contributed by atoms with Crippen molar-refractivity contribution in [1.82, 2.24) is 14.9 Å². The zero-order valence-electron chi connectivity index (χ0n) is 7.22. The lowest BCUT2D eigenvalue weighted by molar-refractivity contribution is 0.103. The Hall–Kier alpha value is -1.36. The van der Waals surface area contributed by atoms with Gasteiger partial charge in [-0.1, -0.05) is 11.6 Å². The van der Waals surface area contributed by atoms with Gasteiger partial charge in [0.25, 0.3) is 0 Å². The van der Waals surface area contributed by atoms with E-state index in [-0.39, 0.29) is 5.92 Å². The van der Waals surface area contributed by atoms with Crippen molar-refractivity contribution < 1.29 is 9.90 Å². The van der Waals surface area contributed by atoms with Gasteiger partial charge in [-0.2, -0.15) is 0 Å². The highest BCUT2D eigenvalue weighted by atomic mass is 35.5. The average molecular weight is 214 g/mol. The van der Waals surface area contributed by atoms with E-state index >= 15 is 0 Å². The minimum atomic E-state index is -0.893. The van der Waals surface area contributed by atoms with Crippen LogP contribution < -0.4 is 0 Å². The van der Waals surface area contributed by atoms with Crippen LogP contribution in [0.15, 0.2) is 12.4 Å². The maximum Gasteiger partial charge on any atom is 0.407 e. The Morgan fingerprint density at radius 1 is 1.50 bits per heavy atom. The molecule has 1 aromatic rings. The Balaban J connectivity index is 2.00. The summed E-state index contributed by atoms with van der Waals surface area (Å²) in [5.74, 6) is 0.773. The van der Waals surface area contributed by atoms with Gasteiger partial charge in [0.15, 0.2) is 0 Å². The Bertz CT molecular complexity index is 348. The molecule has 0 atom stereocenters. The fourth-order valence-corrected chi connectivity index (χ4v) is 1.43. The molecule has 0 spiro atoms. The molecule has 0 radical (unpaired) electrons. The maximum atomic E-state index is 10.5. The quantitative estimate of drug-likeness (QED) is 0.762. The first-order chi connectivity index (χ1) is 6.66. The molecule has 0 unspecified atom stereocenters. The summed E-state index contributed by atoms with van der Waals surface area (Å²) >= 11 is 5.63. The number of nitrogens with zero attached hydrogens (tertiary/aromatic N) is 3. The first-order valence-corrected chi connectivity index (χ1v) is 4.50. The van der Waals surface area contributed by atoms with Crippen LogP contribution in [-0.2, 0) is 0 Å². The van der Waals surface area contributed by atoms with Gasteiger partial charge in [-0.05, 0) is 0 Å². The molecule has 0 aromatic carbocycles. The average Bonchev–Trinajstić information content (AvgIpc) is 2.05. The minimum absolute atomic E-state index is 0.114. The van der Waals surface area contributed by atoms with E-state index in [4.69, 9.17) is 16.7 Å². The molecular formula is C8H8ClN3O2. The van der Waals surface area contributed by atoms with E-state index in [1.54, 1.807) is 0 Å². The Labute approximate surface area is 85.3 Å². The smallest absolute Gasteiger partial charge is 0.407 e. The van der Waals surface area contributed by atoms with Gasteiger partial charge in [-0.15, -0.1) is 0 Å². The van der Waals surface area contributed by atoms with Crippen LogP contribution in [0.2, 0.25) is 5.02 Å². The molecule has 1 aromatic heterocycles. The summed E-state index contributed by atoms with van der Waals surface area (Å²) in [6.07, 6.45) is 2.15. The molecule has 74 valence electrons. The van der Waals surface area contributed by atoms with E-state index in [0.29, 0.717) is 23.9 Å². The van der Waals surface area contributed by atoms with Crippen molar-refractivity contribution in [3.63, 3.8) is 0 Å². The molecule has 1 aliphatic heterocycles. The molecule has 2 heterocycles. The molecule has 0 saturated carbocycles. The van der Waals surface area contributed by atoms with Crippen molar-refractivity contribution in [3.8, 4) is 0 Å². The van der Waals surface area contributed by atoms with Crippen LogP contribution in [0, 0.1) is 0 Å². The number of hydrogen-bond acceptors (Lipinski definition) is 3. The summed E-state index contributed by atoms with van der Waals surface area (Å²) in [7, 11) is 0. The SMILES string of the molecule is O=C(O)N1CC(c2ncc(Cl)cn2)C1. The Morgan fingerprint density at radius 3 is 2.57 bits per heavy atom. The zero-order chi connectivity index (χ0) is 10.1. The molecule has 0 aliphatic carbocycles. The van der Waals surface area contributed by atoms with E-state index in [2.05, 4.69) is 9.97 Å². The van der Waals surface area contributed by atoms with Gasteiger partial charge >= 0.3 is 6.09 Å². The fraction of sp³-hybridized carbons (Fsp3) is 0.375. The van der Waals surface area contributed by atoms with E-state index < -0.39 is 6.09 Å². The predicted molar refractivity (Wildman–Crippen MR) is 49.4 cm³/mol.